The SMILES string of the molecule is CCOC(=O)c1c(NC(=O)c2ccn(COc3ccc(Br)cc3Cl)n2)sc2c1CCCC2. The maximum absolute atomic E-state index is 12.8. The largest absolute Gasteiger partial charge is 0.470 e. The predicted molar refractivity (Wildman–Crippen MR) is 127 cm³/mol. The van der Waals surface area contributed by atoms with Crippen LogP contribution in [-0.2, 0) is 24.3 Å². The van der Waals surface area contributed by atoms with Crippen molar-refractivity contribution in [2.24, 2.45) is 0 Å². The topological polar surface area (TPSA) is 82.5 Å². The summed E-state index contributed by atoms with van der Waals surface area (Å²) in [7, 11) is 0. The van der Waals surface area contributed by atoms with Crippen molar-refractivity contribution in [1.29, 1.82) is 0 Å². The summed E-state index contributed by atoms with van der Waals surface area (Å²) >= 11 is 11.0. The van der Waals surface area contributed by atoms with Crippen molar-refractivity contribution >= 4 is 55.7 Å². The molecule has 0 saturated heterocycles. The summed E-state index contributed by atoms with van der Waals surface area (Å²) in [5.74, 6) is -0.276. The molecule has 7 nitrogen and oxygen atoms in total. The number of amides is 1. The van der Waals surface area contributed by atoms with Crippen LogP contribution in [0.2, 0.25) is 5.02 Å². The third-order valence-electron chi connectivity index (χ3n) is 5.00. The molecule has 1 N–H and O–H groups in total. The third-order valence-corrected chi connectivity index (χ3v) is 6.99. The lowest BCUT2D eigenvalue weighted by Gasteiger charge is -2.12. The van der Waals surface area contributed by atoms with E-state index in [1.54, 1.807) is 31.3 Å². The molecule has 0 radical (unpaired) electrons. The van der Waals surface area contributed by atoms with Crippen LogP contribution in [0.25, 0.3) is 0 Å². The summed E-state index contributed by atoms with van der Waals surface area (Å²) in [6, 6.07) is 6.91. The van der Waals surface area contributed by atoms with Gasteiger partial charge in [-0.25, -0.2) is 9.48 Å². The number of aryl methyl sites for hydroxylation is 1. The fraction of sp³-hybridized carbons (Fsp3) is 0.318. The van der Waals surface area contributed by atoms with E-state index in [-0.39, 0.29) is 19.0 Å². The first kappa shape index (κ1) is 22.8. The normalized spacial score (nSPS) is 12.8. The highest BCUT2D eigenvalue weighted by Crippen LogP contribution is 2.38. The lowest BCUT2D eigenvalue weighted by atomic mass is 9.95. The molecule has 0 fully saturated rings. The van der Waals surface area contributed by atoms with E-state index < -0.39 is 11.9 Å². The molecular formula is C22H21BrClN3O4S. The Morgan fingerprint density at radius 2 is 2.09 bits per heavy atom. The summed E-state index contributed by atoms with van der Waals surface area (Å²) in [5.41, 5.74) is 1.70. The van der Waals surface area contributed by atoms with E-state index in [0.29, 0.717) is 21.3 Å². The molecule has 0 spiro atoms. The highest BCUT2D eigenvalue weighted by Gasteiger charge is 2.27. The second-order valence-corrected chi connectivity index (χ2v) is 9.61. The van der Waals surface area contributed by atoms with E-state index in [9.17, 15) is 9.59 Å². The number of aromatic nitrogens is 2. The molecule has 0 atom stereocenters. The van der Waals surface area contributed by atoms with Crippen LogP contribution in [0.3, 0.4) is 0 Å². The van der Waals surface area contributed by atoms with E-state index >= 15 is 0 Å². The van der Waals surface area contributed by atoms with E-state index in [0.717, 1.165) is 40.6 Å². The molecule has 1 aliphatic rings. The number of hydrogen-bond donors (Lipinski definition) is 1. The molecule has 1 aliphatic carbocycles. The number of esters is 1. The number of halogens is 2. The van der Waals surface area contributed by atoms with Crippen molar-refractivity contribution in [2.75, 3.05) is 11.9 Å². The average Bonchev–Trinajstić information content (AvgIpc) is 3.37. The lowest BCUT2D eigenvalue weighted by Crippen LogP contribution is -2.17. The van der Waals surface area contributed by atoms with Crippen molar-refractivity contribution in [3.05, 3.63) is 61.7 Å². The van der Waals surface area contributed by atoms with Crippen LogP contribution in [0.15, 0.2) is 34.9 Å². The number of anilines is 1. The first-order valence-electron chi connectivity index (χ1n) is 10.2. The molecule has 0 aliphatic heterocycles. The minimum Gasteiger partial charge on any atom is -0.470 e. The van der Waals surface area contributed by atoms with Gasteiger partial charge < -0.3 is 14.8 Å². The molecule has 32 heavy (non-hydrogen) atoms. The Labute approximate surface area is 202 Å². The van der Waals surface area contributed by atoms with Gasteiger partial charge in [-0.1, -0.05) is 27.5 Å². The molecule has 2 aromatic heterocycles. The Kier molecular flexibility index (Phi) is 7.17. The van der Waals surface area contributed by atoms with Crippen LogP contribution >= 0.6 is 38.9 Å². The Morgan fingerprint density at radius 3 is 2.88 bits per heavy atom. The van der Waals surface area contributed by atoms with E-state index in [1.807, 2.05) is 6.07 Å². The van der Waals surface area contributed by atoms with E-state index in [4.69, 9.17) is 21.1 Å². The number of benzene rings is 1. The van der Waals surface area contributed by atoms with Gasteiger partial charge in [-0.2, -0.15) is 5.10 Å². The summed E-state index contributed by atoms with van der Waals surface area (Å²) in [6.07, 6.45) is 5.48. The molecule has 10 heteroatoms. The molecule has 0 saturated carbocycles. The van der Waals surface area contributed by atoms with Crippen LogP contribution in [-0.4, -0.2) is 28.3 Å². The monoisotopic (exact) mass is 537 g/mol. The second-order valence-electron chi connectivity index (χ2n) is 7.18. The van der Waals surface area contributed by atoms with E-state index in [1.165, 1.54) is 16.0 Å². The highest BCUT2D eigenvalue weighted by molar-refractivity contribution is 9.10. The Balaban J connectivity index is 1.47. The van der Waals surface area contributed by atoms with Gasteiger partial charge in [0.1, 0.15) is 10.8 Å². The van der Waals surface area contributed by atoms with Crippen LogP contribution in [0.1, 0.15) is 51.1 Å². The zero-order chi connectivity index (χ0) is 22.7. The van der Waals surface area contributed by atoms with Crippen molar-refractivity contribution in [1.82, 2.24) is 9.78 Å². The van der Waals surface area contributed by atoms with Gasteiger partial charge in [0, 0.05) is 15.5 Å². The highest BCUT2D eigenvalue weighted by atomic mass is 79.9. The molecular weight excluding hydrogens is 518 g/mol. The lowest BCUT2D eigenvalue weighted by molar-refractivity contribution is 0.0526. The summed E-state index contributed by atoms with van der Waals surface area (Å²) in [5, 5.41) is 8.13. The summed E-state index contributed by atoms with van der Waals surface area (Å²) < 4.78 is 13.3. The zero-order valence-electron chi connectivity index (χ0n) is 17.3. The van der Waals surface area contributed by atoms with Gasteiger partial charge in [0.25, 0.3) is 5.91 Å². The first-order valence-corrected chi connectivity index (χ1v) is 12.2. The number of rotatable bonds is 7. The van der Waals surface area contributed by atoms with Gasteiger partial charge in [-0.3, -0.25) is 4.79 Å². The van der Waals surface area contributed by atoms with Gasteiger partial charge in [-0.15, -0.1) is 11.3 Å². The minimum absolute atomic E-state index is 0.0933. The van der Waals surface area contributed by atoms with Gasteiger partial charge in [0.15, 0.2) is 12.4 Å². The molecule has 0 unspecified atom stereocenters. The maximum Gasteiger partial charge on any atom is 0.341 e. The molecule has 1 amide bonds. The van der Waals surface area contributed by atoms with Crippen molar-refractivity contribution < 1.29 is 19.1 Å². The number of fused-ring (bicyclic) bond motifs is 1. The number of ether oxygens (including phenoxy) is 2. The number of nitrogens with zero attached hydrogens (tertiary/aromatic N) is 2. The first-order chi connectivity index (χ1) is 15.5. The number of hydrogen-bond acceptors (Lipinski definition) is 6. The Bertz CT molecular complexity index is 1160. The van der Waals surface area contributed by atoms with Crippen molar-refractivity contribution in [3.63, 3.8) is 0 Å². The smallest absolute Gasteiger partial charge is 0.341 e. The van der Waals surface area contributed by atoms with Gasteiger partial charge in [0.2, 0.25) is 0 Å². The molecule has 0 bridgehead atoms. The quantitative estimate of drug-likeness (QED) is 0.390. The molecule has 2 heterocycles. The number of thiophene rings is 1. The minimum atomic E-state index is -0.396. The van der Waals surface area contributed by atoms with Crippen LogP contribution in [0, 0.1) is 0 Å². The van der Waals surface area contributed by atoms with Crippen molar-refractivity contribution in [2.45, 2.75) is 39.3 Å². The van der Waals surface area contributed by atoms with Crippen LogP contribution in [0.4, 0.5) is 5.00 Å². The Morgan fingerprint density at radius 1 is 1.28 bits per heavy atom. The average molecular weight is 539 g/mol. The van der Waals surface area contributed by atoms with Gasteiger partial charge in [0.05, 0.1) is 17.2 Å². The number of carbonyl (C=O) groups is 2. The van der Waals surface area contributed by atoms with Crippen LogP contribution in [0.5, 0.6) is 5.75 Å². The van der Waals surface area contributed by atoms with Gasteiger partial charge in [-0.05, 0) is 62.4 Å². The second kappa shape index (κ2) is 10.1. The zero-order valence-corrected chi connectivity index (χ0v) is 20.5. The summed E-state index contributed by atoms with van der Waals surface area (Å²) in [4.78, 5) is 26.6. The maximum atomic E-state index is 12.8. The predicted octanol–water partition coefficient (Wildman–Crippen LogP) is 5.70. The molecule has 168 valence electrons. The Hall–Kier alpha value is -2.36. The summed E-state index contributed by atoms with van der Waals surface area (Å²) in [6.45, 7) is 2.14. The van der Waals surface area contributed by atoms with Crippen LogP contribution < -0.4 is 10.1 Å². The van der Waals surface area contributed by atoms with Gasteiger partial charge >= 0.3 is 5.97 Å². The molecule has 3 aromatic rings. The fourth-order valence-corrected chi connectivity index (χ4v) is 5.52. The fourth-order valence-electron chi connectivity index (χ4n) is 3.52. The molecule has 4 rings (SSSR count). The number of carbonyl (C=O) groups excluding carboxylic acids is 2. The van der Waals surface area contributed by atoms with E-state index in [2.05, 4.69) is 26.3 Å². The number of nitrogens with one attached hydrogen (secondary N) is 1. The third kappa shape index (κ3) is 5.00. The van der Waals surface area contributed by atoms with Crippen molar-refractivity contribution in [3.8, 4) is 5.75 Å². The molecule has 1 aromatic carbocycles. The standard InChI is InChI=1S/C22H21BrClN3O4S/c1-2-30-22(29)19-14-5-3-4-6-18(14)32-21(19)25-20(28)16-9-10-27(26-16)12-31-17-8-7-13(23)11-15(17)24/h7-11H,2-6,12H2,1H3,(H,25,28).